The van der Waals surface area contributed by atoms with E-state index in [1.807, 2.05) is 0 Å². The highest BCUT2D eigenvalue weighted by Crippen LogP contribution is 2.27. The lowest BCUT2D eigenvalue weighted by Gasteiger charge is -2.32. The fraction of sp³-hybridized carbons (Fsp3) is 0.368. The molecule has 2 heterocycles. The van der Waals surface area contributed by atoms with Crippen LogP contribution in [0.1, 0.15) is 23.2 Å². The van der Waals surface area contributed by atoms with Crippen molar-refractivity contribution in [2.24, 2.45) is 0 Å². The Hall–Kier alpha value is -2.19. The van der Waals surface area contributed by atoms with Gasteiger partial charge in [-0.3, -0.25) is 14.7 Å². The predicted molar refractivity (Wildman–Crippen MR) is 97.6 cm³/mol. The van der Waals surface area contributed by atoms with Crippen molar-refractivity contribution in [3.63, 3.8) is 0 Å². The van der Waals surface area contributed by atoms with E-state index < -0.39 is 24.4 Å². The number of benzene rings is 1. The molecule has 0 atom stereocenters. The predicted octanol–water partition coefficient (Wildman–Crippen LogP) is 4.30. The number of likely N-dealkylation sites (tertiary alicyclic amines) is 1. The largest absolute Gasteiger partial charge is 0.401 e. The summed E-state index contributed by atoms with van der Waals surface area (Å²) in [6.45, 7) is -0.404. The quantitative estimate of drug-likeness (QED) is 0.757. The maximum absolute atomic E-state index is 13.4. The van der Waals surface area contributed by atoms with Crippen LogP contribution in [-0.4, -0.2) is 47.6 Å². The van der Waals surface area contributed by atoms with Crippen molar-refractivity contribution in [3.05, 3.63) is 52.9 Å². The van der Waals surface area contributed by atoms with Crippen molar-refractivity contribution in [1.82, 2.24) is 15.2 Å². The van der Waals surface area contributed by atoms with Crippen LogP contribution >= 0.6 is 11.6 Å². The minimum Gasteiger partial charge on any atom is -0.349 e. The van der Waals surface area contributed by atoms with Gasteiger partial charge in [-0.2, -0.15) is 13.2 Å². The second-order valence-electron chi connectivity index (χ2n) is 6.70. The summed E-state index contributed by atoms with van der Waals surface area (Å²) < 4.78 is 50.7. The molecule has 1 amide bonds. The molecule has 0 saturated carbocycles. The zero-order chi connectivity index (χ0) is 20.3. The molecule has 1 saturated heterocycles. The van der Waals surface area contributed by atoms with Crippen molar-refractivity contribution < 1.29 is 22.4 Å². The maximum atomic E-state index is 13.4. The minimum atomic E-state index is -4.22. The van der Waals surface area contributed by atoms with Gasteiger partial charge in [-0.15, -0.1) is 0 Å². The molecule has 1 aliphatic heterocycles. The fourth-order valence-corrected chi connectivity index (χ4v) is 3.44. The van der Waals surface area contributed by atoms with Crippen molar-refractivity contribution in [3.8, 4) is 11.3 Å². The summed E-state index contributed by atoms with van der Waals surface area (Å²) in [6.07, 6.45) is -2.00. The van der Waals surface area contributed by atoms with E-state index >= 15 is 0 Å². The van der Waals surface area contributed by atoms with Gasteiger partial charge in [0, 0.05) is 30.9 Å². The fourth-order valence-electron chi connectivity index (χ4n) is 3.17. The lowest BCUT2D eigenvalue weighted by atomic mass is 10.0. The van der Waals surface area contributed by atoms with Crippen LogP contribution in [0.5, 0.6) is 0 Å². The Balaban J connectivity index is 1.60. The zero-order valence-electron chi connectivity index (χ0n) is 14.8. The van der Waals surface area contributed by atoms with Crippen LogP contribution in [-0.2, 0) is 0 Å². The summed E-state index contributed by atoms with van der Waals surface area (Å²) in [5.74, 6) is -0.816. The summed E-state index contributed by atoms with van der Waals surface area (Å²) in [4.78, 5) is 17.9. The third-order valence-electron chi connectivity index (χ3n) is 4.53. The van der Waals surface area contributed by atoms with Crippen molar-refractivity contribution in [1.29, 1.82) is 0 Å². The Labute approximate surface area is 164 Å². The van der Waals surface area contributed by atoms with Crippen molar-refractivity contribution >= 4 is 17.5 Å². The van der Waals surface area contributed by atoms with Gasteiger partial charge in [0.1, 0.15) is 5.82 Å². The Morgan fingerprint density at radius 3 is 2.57 bits per heavy atom. The number of rotatable bonds is 4. The molecule has 0 unspecified atom stereocenters. The first kappa shape index (κ1) is 20.5. The molecule has 3 rings (SSSR count). The number of amides is 1. The molecule has 1 aromatic heterocycles. The van der Waals surface area contributed by atoms with E-state index in [-0.39, 0.29) is 29.7 Å². The highest BCUT2D eigenvalue weighted by Gasteiger charge is 2.32. The summed E-state index contributed by atoms with van der Waals surface area (Å²) in [5.41, 5.74) is 1.09. The van der Waals surface area contributed by atoms with Gasteiger partial charge in [-0.25, -0.2) is 4.39 Å². The highest BCUT2D eigenvalue weighted by atomic mass is 35.5. The van der Waals surface area contributed by atoms with E-state index in [0.717, 1.165) is 0 Å². The summed E-state index contributed by atoms with van der Waals surface area (Å²) in [5, 5.41) is 3.02. The second-order valence-corrected chi connectivity index (χ2v) is 7.11. The number of hydrogen-bond acceptors (Lipinski definition) is 3. The molecule has 1 N–H and O–H groups in total. The van der Waals surface area contributed by atoms with Crippen LogP contribution in [0.4, 0.5) is 17.6 Å². The van der Waals surface area contributed by atoms with E-state index in [2.05, 4.69) is 10.3 Å². The molecule has 2 aromatic rings. The molecule has 150 valence electrons. The van der Waals surface area contributed by atoms with Crippen LogP contribution in [0.3, 0.4) is 0 Å². The molecule has 4 nitrogen and oxygen atoms in total. The van der Waals surface area contributed by atoms with E-state index in [1.165, 1.54) is 35.4 Å². The van der Waals surface area contributed by atoms with Crippen LogP contribution in [0.25, 0.3) is 11.3 Å². The number of alkyl halides is 3. The monoisotopic (exact) mass is 415 g/mol. The van der Waals surface area contributed by atoms with Gasteiger partial charge in [-0.05, 0) is 31.0 Å². The van der Waals surface area contributed by atoms with E-state index in [1.54, 1.807) is 6.07 Å². The lowest BCUT2D eigenvalue weighted by Crippen LogP contribution is -2.47. The number of halogens is 5. The summed E-state index contributed by atoms with van der Waals surface area (Å²) >= 11 is 6.21. The van der Waals surface area contributed by atoms with Crippen LogP contribution in [0.15, 0.2) is 36.5 Å². The molecule has 1 aromatic carbocycles. The van der Waals surface area contributed by atoms with Gasteiger partial charge >= 0.3 is 6.18 Å². The van der Waals surface area contributed by atoms with Gasteiger partial charge in [0.05, 0.1) is 22.8 Å². The molecule has 0 bridgehead atoms. The molecule has 0 radical (unpaired) electrons. The number of nitrogens with zero attached hydrogens (tertiary/aromatic N) is 2. The average Bonchev–Trinajstić information content (AvgIpc) is 2.62. The normalized spacial score (nSPS) is 16.2. The number of piperidine rings is 1. The molecule has 0 aliphatic carbocycles. The van der Waals surface area contributed by atoms with Crippen LogP contribution < -0.4 is 5.32 Å². The van der Waals surface area contributed by atoms with Crippen LogP contribution in [0, 0.1) is 5.82 Å². The molecule has 1 aliphatic rings. The first-order valence-corrected chi connectivity index (χ1v) is 9.10. The number of pyridine rings is 1. The highest BCUT2D eigenvalue weighted by molar-refractivity contribution is 6.33. The molecule has 9 heteroatoms. The van der Waals surface area contributed by atoms with E-state index in [9.17, 15) is 22.4 Å². The Bertz CT molecular complexity index is 851. The third kappa shape index (κ3) is 5.42. The molecular weight excluding hydrogens is 398 g/mol. The third-order valence-corrected chi connectivity index (χ3v) is 4.82. The summed E-state index contributed by atoms with van der Waals surface area (Å²) in [7, 11) is 0. The van der Waals surface area contributed by atoms with Gasteiger partial charge in [-0.1, -0.05) is 23.7 Å². The van der Waals surface area contributed by atoms with Crippen molar-refractivity contribution in [2.75, 3.05) is 19.6 Å². The van der Waals surface area contributed by atoms with Crippen LogP contribution in [0.2, 0.25) is 5.02 Å². The average molecular weight is 416 g/mol. The molecule has 1 fully saturated rings. The number of hydrogen-bond donors (Lipinski definition) is 1. The number of carbonyl (C=O) groups is 1. The van der Waals surface area contributed by atoms with E-state index in [0.29, 0.717) is 24.1 Å². The van der Waals surface area contributed by atoms with Crippen molar-refractivity contribution in [2.45, 2.75) is 25.1 Å². The molecule has 0 spiro atoms. The lowest BCUT2D eigenvalue weighted by molar-refractivity contribution is -0.148. The van der Waals surface area contributed by atoms with Gasteiger partial charge in [0.25, 0.3) is 5.91 Å². The summed E-state index contributed by atoms with van der Waals surface area (Å²) in [6, 6.07) is 7.03. The smallest absolute Gasteiger partial charge is 0.349 e. The Kier molecular flexibility index (Phi) is 6.20. The first-order chi connectivity index (χ1) is 13.2. The van der Waals surface area contributed by atoms with Gasteiger partial charge in [0.15, 0.2) is 0 Å². The Morgan fingerprint density at radius 1 is 1.25 bits per heavy atom. The first-order valence-electron chi connectivity index (χ1n) is 8.73. The van der Waals surface area contributed by atoms with Gasteiger partial charge < -0.3 is 5.32 Å². The Morgan fingerprint density at radius 2 is 1.96 bits per heavy atom. The number of aromatic nitrogens is 1. The molecule has 28 heavy (non-hydrogen) atoms. The minimum absolute atomic E-state index is 0.207. The SMILES string of the molecule is O=C(NC1CCN(CC(F)(F)F)CC1)c1cnc(-c2cccc(F)c2)c(Cl)c1. The van der Waals surface area contributed by atoms with Gasteiger partial charge in [0.2, 0.25) is 0 Å². The number of nitrogens with one attached hydrogen (secondary N) is 1. The number of carbonyl (C=O) groups excluding carboxylic acids is 1. The topological polar surface area (TPSA) is 45.2 Å². The van der Waals surface area contributed by atoms with E-state index in [4.69, 9.17) is 11.6 Å². The maximum Gasteiger partial charge on any atom is 0.401 e. The standard InChI is InChI=1S/C19H18ClF4N3O/c20-16-9-13(10-25-17(16)12-2-1-3-14(21)8-12)18(28)26-15-4-6-27(7-5-15)11-19(22,23)24/h1-3,8-10,15H,4-7,11H2,(H,26,28). The second kappa shape index (κ2) is 8.45. The zero-order valence-corrected chi connectivity index (χ0v) is 15.5. The molecular formula is C19H18ClF4N3O.